The Morgan fingerprint density at radius 1 is 1.33 bits per heavy atom. The molecule has 2 rings (SSSR count). The van der Waals surface area contributed by atoms with E-state index in [-0.39, 0.29) is 0 Å². The van der Waals surface area contributed by atoms with Crippen LogP contribution in [0.5, 0.6) is 0 Å². The fourth-order valence-electron chi connectivity index (χ4n) is 2.29. The molecule has 0 aromatic carbocycles. The number of imidazole rings is 1. The van der Waals surface area contributed by atoms with Crippen molar-refractivity contribution in [1.82, 2.24) is 9.55 Å². The van der Waals surface area contributed by atoms with Gasteiger partial charge < -0.3 is 10.3 Å². The molecule has 0 bridgehead atoms. The Morgan fingerprint density at radius 3 is 2.93 bits per heavy atom. The van der Waals surface area contributed by atoms with Gasteiger partial charge in [-0.15, -0.1) is 0 Å². The Bertz CT molecular complexity index is 328. The molecule has 0 saturated heterocycles. The number of anilines is 1. The van der Waals surface area contributed by atoms with Crippen LogP contribution in [0, 0.1) is 0 Å². The summed E-state index contributed by atoms with van der Waals surface area (Å²) in [5, 5.41) is 0. The van der Waals surface area contributed by atoms with Crippen LogP contribution in [0.15, 0.2) is 0 Å². The van der Waals surface area contributed by atoms with Crippen LogP contribution in [-0.2, 0) is 19.4 Å². The van der Waals surface area contributed by atoms with Gasteiger partial charge in [0, 0.05) is 13.0 Å². The number of unbranched alkanes of at least 4 members (excludes halogenated alkanes) is 2. The molecule has 0 amide bonds. The number of nitrogen functional groups attached to an aromatic ring is 1. The number of aromatic nitrogens is 2. The van der Waals surface area contributed by atoms with Gasteiger partial charge in [0.05, 0.1) is 5.69 Å². The second kappa shape index (κ2) is 4.69. The minimum absolute atomic E-state index is 0.931. The molecule has 3 heteroatoms. The number of hydrogen-bond donors (Lipinski definition) is 1. The van der Waals surface area contributed by atoms with E-state index in [1.807, 2.05) is 0 Å². The van der Waals surface area contributed by atoms with E-state index in [1.54, 1.807) is 0 Å². The molecule has 0 aliphatic carbocycles. The Morgan fingerprint density at radius 2 is 2.20 bits per heavy atom. The van der Waals surface area contributed by atoms with Gasteiger partial charge in [-0.1, -0.05) is 19.8 Å². The van der Waals surface area contributed by atoms with Crippen molar-refractivity contribution in [3.05, 3.63) is 11.5 Å². The van der Waals surface area contributed by atoms with E-state index in [2.05, 4.69) is 16.5 Å². The highest BCUT2D eigenvalue weighted by atomic mass is 15.1. The Labute approximate surface area is 91.7 Å². The summed E-state index contributed by atoms with van der Waals surface area (Å²) in [6.07, 6.45) is 8.44. The smallest absolute Gasteiger partial charge is 0.126 e. The lowest BCUT2D eigenvalue weighted by Crippen LogP contribution is -2.12. The zero-order valence-electron chi connectivity index (χ0n) is 9.63. The summed E-state index contributed by atoms with van der Waals surface area (Å²) >= 11 is 0. The first-order chi connectivity index (χ1) is 7.33. The third-order valence-electron chi connectivity index (χ3n) is 3.21. The summed E-state index contributed by atoms with van der Waals surface area (Å²) in [5.74, 6) is 2.14. The summed E-state index contributed by atoms with van der Waals surface area (Å²) in [5.41, 5.74) is 7.25. The zero-order chi connectivity index (χ0) is 10.7. The van der Waals surface area contributed by atoms with Crippen molar-refractivity contribution in [2.75, 3.05) is 5.73 Å². The first-order valence-corrected chi connectivity index (χ1v) is 6.16. The van der Waals surface area contributed by atoms with Gasteiger partial charge in [0.15, 0.2) is 0 Å². The predicted octanol–water partition coefficient (Wildman–Crippen LogP) is 2.53. The molecule has 0 spiro atoms. The molecular weight excluding hydrogens is 186 g/mol. The third kappa shape index (κ3) is 2.16. The lowest BCUT2D eigenvalue weighted by Gasteiger charge is -2.14. The summed E-state index contributed by atoms with van der Waals surface area (Å²) in [6, 6.07) is 0. The number of nitrogens with zero attached hydrogens (tertiary/aromatic N) is 2. The number of nitrogens with two attached hydrogens (primary N) is 1. The van der Waals surface area contributed by atoms with Crippen molar-refractivity contribution in [3.63, 3.8) is 0 Å². The van der Waals surface area contributed by atoms with Gasteiger partial charge in [0.25, 0.3) is 0 Å². The molecule has 2 N–H and O–H groups in total. The maximum atomic E-state index is 6.11. The number of fused-ring (bicyclic) bond motifs is 1. The summed E-state index contributed by atoms with van der Waals surface area (Å²) in [6.45, 7) is 3.30. The van der Waals surface area contributed by atoms with Crippen molar-refractivity contribution in [1.29, 1.82) is 0 Å². The maximum Gasteiger partial charge on any atom is 0.126 e. The van der Waals surface area contributed by atoms with Crippen LogP contribution in [0.2, 0.25) is 0 Å². The van der Waals surface area contributed by atoms with Crippen molar-refractivity contribution in [2.45, 2.75) is 58.4 Å². The number of hydrogen-bond acceptors (Lipinski definition) is 2. The van der Waals surface area contributed by atoms with E-state index in [0.717, 1.165) is 30.9 Å². The molecule has 1 aliphatic rings. The normalized spacial score (nSPS) is 15.3. The minimum atomic E-state index is 0.931. The number of aryl methyl sites for hydroxylation is 2. The fraction of sp³-hybridized carbons (Fsp3) is 0.750. The molecule has 0 atom stereocenters. The van der Waals surface area contributed by atoms with Crippen LogP contribution in [0.3, 0.4) is 0 Å². The van der Waals surface area contributed by atoms with Crippen LogP contribution < -0.4 is 5.73 Å². The van der Waals surface area contributed by atoms with Crippen molar-refractivity contribution >= 4 is 5.82 Å². The van der Waals surface area contributed by atoms with E-state index in [1.165, 1.54) is 37.9 Å². The molecule has 15 heavy (non-hydrogen) atoms. The monoisotopic (exact) mass is 207 g/mol. The molecule has 1 aromatic heterocycles. The highest BCUT2D eigenvalue weighted by molar-refractivity contribution is 5.38. The molecule has 1 aromatic rings. The van der Waals surface area contributed by atoms with Crippen molar-refractivity contribution in [2.24, 2.45) is 0 Å². The first-order valence-electron chi connectivity index (χ1n) is 6.16. The van der Waals surface area contributed by atoms with Crippen molar-refractivity contribution < 1.29 is 0 Å². The second-order valence-electron chi connectivity index (χ2n) is 4.43. The zero-order valence-corrected chi connectivity index (χ0v) is 9.63. The van der Waals surface area contributed by atoms with Gasteiger partial charge in [-0.05, 0) is 25.7 Å². The Hall–Kier alpha value is -0.990. The molecule has 0 unspecified atom stereocenters. The van der Waals surface area contributed by atoms with E-state index in [0.29, 0.717) is 0 Å². The largest absolute Gasteiger partial charge is 0.384 e. The van der Waals surface area contributed by atoms with Gasteiger partial charge in [-0.3, -0.25) is 0 Å². The Balaban J connectivity index is 2.07. The lowest BCUT2D eigenvalue weighted by atomic mass is 10.1. The quantitative estimate of drug-likeness (QED) is 0.771. The van der Waals surface area contributed by atoms with Crippen LogP contribution in [0.4, 0.5) is 5.82 Å². The highest BCUT2D eigenvalue weighted by Gasteiger charge is 2.16. The van der Waals surface area contributed by atoms with Gasteiger partial charge in [0.2, 0.25) is 0 Å². The molecule has 0 fully saturated rings. The summed E-state index contributed by atoms with van der Waals surface area (Å²) < 4.78 is 2.21. The second-order valence-corrected chi connectivity index (χ2v) is 4.43. The van der Waals surface area contributed by atoms with E-state index < -0.39 is 0 Å². The van der Waals surface area contributed by atoms with Gasteiger partial charge in [0.1, 0.15) is 11.6 Å². The van der Waals surface area contributed by atoms with Crippen molar-refractivity contribution in [3.8, 4) is 0 Å². The standard InChI is InChI=1S/C12H21N3/c1-2-3-4-7-10-12(13)15-9-6-5-8-11(15)14-10/h2-9,13H2,1H3. The molecule has 3 nitrogen and oxygen atoms in total. The lowest BCUT2D eigenvalue weighted by molar-refractivity contribution is 0.527. The summed E-state index contributed by atoms with van der Waals surface area (Å²) in [4.78, 5) is 4.66. The molecule has 1 aliphatic heterocycles. The van der Waals surface area contributed by atoms with Crippen LogP contribution >= 0.6 is 0 Å². The molecule has 2 heterocycles. The van der Waals surface area contributed by atoms with Gasteiger partial charge in [-0.25, -0.2) is 4.98 Å². The van der Waals surface area contributed by atoms with E-state index >= 15 is 0 Å². The molecule has 84 valence electrons. The highest BCUT2D eigenvalue weighted by Crippen LogP contribution is 2.22. The minimum Gasteiger partial charge on any atom is -0.384 e. The molecule has 0 saturated carbocycles. The van der Waals surface area contributed by atoms with Crippen LogP contribution in [0.25, 0.3) is 0 Å². The van der Waals surface area contributed by atoms with Gasteiger partial charge >= 0.3 is 0 Å². The fourth-order valence-corrected chi connectivity index (χ4v) is 2.29. The third-order valence-corrected chi connectivity index (χ3v) is 3.21. The molecule has 0 radical (unpaired) electrons. The average molecular weight is 207 g/mol. The maximum absolute atomic E-state index is 6.11. The SMILES string of the molecule is CCCCCc1nc2n(c1N)CCCC2. The molecular formula is C12H21N3. The predicted molar refractivity (Wildman–Crippen MR) is 62.8 cm³/mol. The first kappa shape index (κ1) is 10.5. The topological polar surface area (TPSA) is 43.8 Å². The number of rotatable bonds is 4. The van der Waals surface area contributed by atoms with Gasteiger partial charge in [-0.2, -0.15) is 0 Å². The van der Waals surface area contributed by atoms with Crippen LogP contribution in [0.1, 0.15) is 50.5 Å². The Kier molecular flexibility index (Phi) is 3.29. The van der Waals surface area contributed by atoms with E-state index in [9.17, 15) is 0 Å². The summed E-state index contributed by atoms with van der Waals surface area (Å²) in [7, 11) is 0. The van der Waals surface area contributed by atoms with Crippen LogP contribution in [-0.4, -0.2) is 9.55 Å². The average Bonchev–Trinajstić information content (AvgIpc) is 2.57. The van der Waals surface area contributed by atoms with E-state index in [4.69, 9.17) is 5.73 Å².